The number of phenolic OH excluding ortho intramolecular Hbond substituents is 2. The number of thioether (sulfide) groups is 2. The highest BCUT2D eigenvalue weighted by atomic mass is 32.2. The second-order valence-corrected chi connectivity index (χ2v) is 19.6. The van der Waals surface area contributed by atoms with Crippen molar-refractivity contribution in [1.29, 1.82) is 0 Å². The van der Waals surface area contributed by atoms with Crippen molar-refractivity contribution in [2.75, 3.05) is 34.8 Å². The number of aromatic hydroxyl groups is 2. The molecule has 2 aromatic carbocycles. The zero-order valence-corrected chi connectivity index (χ0v) is 43.7. The van der Waals surface area contributed by atoms with Gasteiger partial charge in [-0.1, -0.05) is 76.0 Å². The van der Waals surface area contributed by atoms with Gasteiger partial charge < -0.3 is 36.4 Å². The fourth-order valence-corrected chi connectivity index (χ4v) is 8.17. The predicted molar refractivity (Wildman–Crippen MR) is 285 cm³/mol. The Morgan fingerprint density at radius 1 is 0.600 bits per heavy atom. The second-order valence-electron chi connectivity index (χ2n) is 17.5. The summed E-state index contributed by atoms with van der Waals surface area (Å²) < 4.78 is 0. The topological polar surface area (TPSA) is 249 Å². The van der Waals surface area contributed by atoms with Crippen LogP contribution in [0.5, 0.6) is 11.5 Å². The van der Waals surface area contributed by atoms with Gasteiger partial charge in [0.05, 0.1) is 13.0 Å². The van der Waals surface area contributed by atoms with Gasteiger partial charge in [0.25, 0.3) is 5.91 Å². The van der Waals surface area contributed by atoms with Crippen LogP contribution in [0.25, 0.3) is 0 Å². The van der Waals surface area contributed by atoms with E-state index in [9.17, 15) is 44.4 Å². The number of hydrogen-bond donors (Lipinski definition) is 8. The van der Waals surface area contributed by atoms with Gasteiger partial charge in [0.1, 0.15) is 17.8 Å². The molecular formula is C53H77N4O11S2+. The lowest BCUT2D eigenvalue weighted by molar-refractivity contribution is -0.141. The summed E-state index contributed by atoms with van der Waals surface area (Å²) in [5.74, 6) is -2.61. The van der Waals surface area contributed by atoms with E-state index in [0.29, 0.717) is 17.1 Å². The third-order valence-electron chi connectivity index (χ3n) is 10.4. The quantitative estimate of drug-likeness (QED) is 0.0120. The van der Waals surface area contributed by atoms with E-state index < -0.39 is 41.7 Å². The molecular weight excluding hydrogens is 933 g/mol. The first kappa shape index (κ1) is 62.3. The van der Waals surface area contributed by atoms with Crippen molar-refractivity contribution in [2.45, 2.75) is 125 Å². The van der Waals surface area contributed by atoms with E-state index in [1.54, 1.807) is 0 Å². The Bertz CT molecular complexity index is 2170. The number of allylic oxidation sites excluding steroid dienone is 10. The molecule has 0 aliphatic heterocycles. The van der Waals surface area contributed by atoms with Crippen LogP contribution in [0, 0.1) is 0 Å². The maximum Gasteiger partial charge on any atom is 0.327 e. The number of rotatable bonds is 30. The molecule has 0 heterocycles. The number of hydrogen-bond acceptors (Lipinski definition) is 11. The summed E-state index contributed by atoms with van der Waals surface area (Å²) in [5, 5.41) is 61.4. The number of aliphatic carboxylic acids is 2. The van der Waals surface area contributed by atoms with Crippen molar-refractivity contribution >= 4 is 58.9 Å². The molecule has 386 valence electrons. The number of carboxylic acid groups (broad SMARTS) is 2. The lowest BCUT2D eigenvalue weighted by Gasteiger charge is -2.14. The van der Waals surface area contributed by atoms with Gasteiger partial charge in [-0.05, 0) is 154 Å². The van der Waals surface area contributed by atoms with Crippen molar-refractivity contribution in [3.63, 3.8) is 0 Å². The number of anilines is 1. The largest absolute Gasteiger partial charge is 0.504 e. The van der Waals surface area contributed by atoms with E-state index in [4.69, 9.17) is 10.4 Å². The molecule has 3 amide bonds. The van der Waals surface area contributed by atoms with Crippen LogP contribution in [0.2, 0.25) is 0 Å². The van der Waals surface area contributed by atoms with Crippen LogP contribution in [0.4, 0.5) is 5.69 Å². The normalized spacial score (nSPS) is 12.7. The molecule has 0 aromatic heterocycles. The highest BCUT2D eigenvalue weighted by Gasteiger charge is 2.21. The minimum atomic E-state index is -1.14. The van der Waals surface area contributed by atoms with Gasteiger partial charge in [-0.3, -0.25) is 19.6 Å². The summed E-state index contributed by atoms with van der Waals surface area (Å²) in [4.78, 5) is 59.6. The Morgan fingerprint density at radius 3 is 1.44 bits per heavy atom. The van der Waals surface area contributed by atoms with E-state index in [-0.39, 0.29) is 52.4 Å². The molecule has 70 heavy (non-hydrogen) atoms. The minimum Gasteiger partial charge on any atom is -0.504 e. The molecule has 2 aromatic rings. The first-order chi connectivity index (χ1) is 33.1. The number of carbonyl (C=O) groups is 5. The third kappa shape index (κ3) is 30.0. The van der Waals surface area contributed by atoms with Crippen LogP contribution in [0.3, 0.4) is 0 Å². The van der Waals surface area contributed by atoms with Gasteiger partial charge in [-0.2, -0.15) is 23.5 Å². The summed E-state index contributed by atoms with van der Waals surface area (Å²) in [7, 11) is 0. The van der Waals surface area contributed by atoms with Crippen LogP contribution in [0.15, 0.2) is 112 Å². The van der Waals surface area contributed by atoms with Crippen molar-refractivity contribution < 1.29 is 54.8 Å². The summed E-state index contributed by atoms with van der Waals surface area (Å²) >= 11 is 2.87. The smallest absolute Gasteiger partial charge is 0.327 e. The average Bonchev–Trinajstić information content (AvgIpc) is 3.28. The number of carbonyl (C=O) groups excluding carboxylic acids is 3. The van der Waals surface area contributed by atoms with Crippen LogP contribution in [0.1, 0.15) is 123 Å². The minimum absolute atomic E-state index is 0.0808. The Balaban J connectivity index is 0.000000705. The fourth-order valence-electron chi connectivity index (χ4n) is 6.17. The first-order valence-electron chi connectivity index (χ1n) is 23.3. The van der Waals surface area contributed by atoms with Crippen LogP contribution in [-0.2, 0) is 25.6 Å². The Labute approximate surface area is 422 Å². The van der Waals surface area contributed by atoms with Gasteiger partial charge in [0.2, 0.25) is 11.8 Å². The molecule has 0 radical (unpaired) electrons. The number of benzene rings is 2. The molecule has 17 heteroatoms. The molecule has 2 rings (SSSR count). The zero-order chi connectivity index (χ0) is 52.6. The predicted octanol–water partition coefficient (Wildman–Crippen LogP) is 9.34. The van der Waals surface area contributed by atoms with Gasteiger partial charge in [0.15, 0.2) is 11.5 Å². The standard InChI is InChI=1S/C27H39N3O6S.C26H37NO5S/c1-19(2)7-5-8-20(3)9-6-10-21(4)15-16-37-18-24(27(33)34)29-25(31)17-28-26(32)22-11-13-23(14-12-22)30(35)36;1-18(2)7-5-8-19(3)9-6-10-20(4)13-14-33-17-22(26(31)32)27-25(30)16-21-11-12-23(28)24(29)15-21/h7,9,11-15,24,35-36H,5-6,8,10,16-18H2,1-4H3,(H,28,32)(H,29,31)(H,33,34);7,9,11-13,15,22,28-29H,5-6,8,10,14,16-17H2,1-4H3,(H,27,30)(H,31,32)/p+1/b20-9+,21-15+;19-9+,20-13+. The van der Waals surface area contributed by atoms with Gasteiger partial charge in [-0.15, -0.1) is 0 Å². The summed E-state index contributed by atoms with van der Waals surface area (Å²) in [6.07, 6.45) is 21.3. The van der Waals surface area contributed by atoms with E-state index >= 15 is 0 Å². The third-order valence-corrected chi connectivity index (χ3v) is 12.3. The maximum absolute atomic E-state index is 12.2. The Hall–Kier alpha value is -5.75. The number of carboxylic acids is 2. The molecule has 10 N–H and O–H groups in total. The maximum atomic E-state index is 12.2. The van der Waals surface area contributed by atoms with E-state index in [2.05, 4.69) is 108 Å². The van der Waals surface area contributed by atoms with Gasteiger partial charge in [0, 0.05) is 28.6 Å². The molecule has 2 unspecified atom stereocenters. The average molecular weight is 1010 g/mol. The lowest BCUT2D eigenvalue weighted by Crippen LogP contribution is -2.46. The van der Waals surface area contributed by atoms with Gasteiger partial charge in [-0.25, -0.2) is 14.8 Å². The first-order valence-corrected chi connectivity index (χ1v) is 25.6. The van der Waals surface area contributed by atoms with E-state index in [1.165, 1.54) is 99.4 Å². The SMILES string of the molecule is CC(C)=CCC/C(C)=C/CC/C(C)=C/CSCC(NC(=O)CNC(=O)c1ccc(N(O)[OH2+])cc1)C(=O)O.CC(C)=CCC/C(C)=C/CC/C(C)=C/CSCC(NC(=O)Cc1ccc(O)c(O)c1)C(=O)O. The second kappa shape index (κ2) is 35.4. The van der Waals surface area contributed by atoms with Crippen molar-refractivity contribution in [2.24, 2.45) is 0 Å². The molecule has 2 atom stereocenters. The van der Waals surface area contributed by atoms with E-state index in [1.807, 2.05) is 0 Å². The number of nitrogens with one attached hydrogen (secondary N) is 3. The Morgan fingerprint density at radius 2 is 1.03 bits per heavy atom. The molecule has 0 spiro atoms. The monoisotopic (exact) mass is 1010 g/mol. The van der Waals surface area contributed by atoms with Crippen molar-refractivity contribution in [1.82, 2.24) is 16.0 Å². The highest BCUT2D eigenvalue weighted by Crippen LogP contribution is 2.25. The summed E-state index contributed by atoms with van der Waals surface area (Å²) in [6.45, 7) is 16.5. The number of amides is 3. The van der Waals surface area contributed by atoms with Crippen molar-refractivity contribution in [3.05, 3.63) is 123 Å². The van der Waals surface area contributed by atoms with E-state index in [0.717, 1.165) is 51.4 Å². The summed E-state index contributed by atoms with van der Waals surface area (Å²) in [5.41, 5.74) is 8.87. The van der Waals surface area contributed by atoms with Crippen LogP contribution < -0.4 is 21.2 Å². The highest BCUT2D eigenvalue weighted by molar-refractivity contribution is 7.99. The zero-order valence-electron chi connectivity index (χ0n) is 42.1. The Kier molecular flexibility index (Phi) is 31.5. The van der Waals surface area contributed by atoms with Crippen LogP contribution >= 0.6 is 23.5 Å². The van der Waals surface area contributed by atoms with Crippen LogP contribution in [-0.4, -0.2) is 102 Å². The van der Waals surface area contributed by atoms with Gasteiger partial charge >= 0.3 is 11.9 Å². The molecule has 0 fully saturated rings. The molecule has 0 aliphatic carbocycles. The molecule has 0 saturated carbocycles. The lowest BCUT2D eigenvalue weighted by atomic mass is 10.1. The summed E-state index contributed by atoms with van der Waals surface area (Å²) in [6, 6.07) is 7.57. The number of nitrogens with zero attached hydrogens (tertiary/aromatic N) is 1. The molecule has 0 bridgehead atoms. The molecule has 0 aliphatic rings. The van der Waals surface area contributed by atoms with Crippen molar-refractivity contribution in [3.8, 4) is 11.5 Å². The molecule has 0 saturated heterocycles. The molecule has 15 nitrogen and oxygen atoms in total. The fraction of sp³-hybridized carbons (Fsp3) is 0.453. The number of phenols is 2.